The molecule has 0 bridgehead atoms. The SMILES string of the molecule is COc1ccc2nc(CN)n(C3CCN(C(=O)O)CC3)c2c1. The number of hydrogen-bond donors (Lipinski definition) is 2. The maximum atomic E-state index is 11.0. The number of benzene rings is 1. The van der Waals surface area contributed by atoms with E-state index in [0.29, 0.717) is 19.6 Å². The lowest BCUT2D eigenvalue weighted by Gasteiger charge is -2.31. The van der Waals surface area contributed by atoms with E-state index in [4.69, 9.17) is 15.6 Å². The van der Waals surface area contributed by atoms with E-state index < -0.39 is 6.09 Å². The number of piperidine rings is 1. The van der Waals surface area contributed by atoms with E-state index in [0.717, 1.165) is 35.4 Å². The number of fused-ring (bicyclic) bond motifs is 1. The standard InChI is InChI=1S/C15H20N4O3/c1-22-11-2-3-12-13(8-11)19(14(9-16)17-12)10-4-6-18(7-5-10)15(20)21/h2-3,8,10H,4-7,9,16H2,1H3,(H,20,21). The fourth-order valence-electron chi connectivity index (χ4n) is 3.12. The minimum absolute atomic E-state index is 0.214. The number of nitrogens with zero attached hydrogens (tertiary/aromatic N) is 3. The molecular formula is C15H20N4O3. The first-order chi connectivity index (χ1) is 10.6. The molecule has 2 heterocycles. The topological polar surface area (TPSA) is 93.6 Å². The van der Waals surface area contributed by atoms with Gasteiger partial charge in [0.05, 0.1) is 24.7 Å². The number of methoxy groups -OCH3 is 1. The van der Waals surface area contributed by atoms with Crippen LogP contribution in [0.1, 0.15) is 24.7 Å². The summed E-state index contributed by atoms with van der Waals surface area (Å²) in [5.74, 6) is 1.61. The van der Waals surface area contributed by atoms with Crippen LogP contribution in [0.25, 0.3) is 11.0 Å². The summed E-state index contributed by atoms with van der Waals surface area (Å²) in [7, 11) is 1.64. The molecule has 118 valence electrons. The first kappa shape index (κ1) is 14.6. The van der Waals surface area contributed by atoms with Gasteiger partial charge in [-0.1, -0.05) is 0 Å². The normalized spacial score (nSPS) is 16.2. The number of carboxylic acid groups (broad SMARTS) is 1. The lowest BCUT2D eigenvalue weighted by Crippen LogP contribution is -2.38. The molecule has 1 aromatic carbocycles. The predicted octanol–water partition coefficient (Wildman–Crippen LogP) is 1.82. The molecule has 0 spiro atoms. The Balaban J connectivity index is 1.97. The third-order valence-electron chi connectivity index (χ3n) is 4.25. The monoisotopic (exact) mass is 304 g/mol. The molecule has 1 aliphatic heterocycles. The van der Waals surface area contributed by atoms with Crippen molar-refractivity contribution in [3.63, 3.8) is 0 Å². The van der Waals surface area contributed by atoms with Crippen LogP contribution < -0.4 is 10.5 Å². The molecule has 7 nitrogen and oxygen atoms in total. The number of aromatic nitrogens is 2. The molecule has 1 saturated heterocycles. The van der Waals surface area contributed by atoms with Crippen LogP contribution in [-0.4, -0.2) is 45.9 Å². The van der Waals surface area contributed by atoms with Crippen LogP contribution in [0.2, 0.25) is 0 Å². The van der Waals surface area contributed by atoms with E-state index in [-0.39, 0.29) is 6.04 Å². The fourth-order valence-corrected chi connectivity index (χ4v) is 3.12. The van der Waals surface area contributed by atoms with Gasteiger partial charge in [-0.2, -0.15) is 0 Å². The molecule has 1 aromatic heterocycles. The second kappa shape index (κ2) is 5.84. The van der Waals surface area contributed by atoms with Gasteiger partial charge >= 0.3 is 6.09 Å². The summed E-state index contributed by atoms with van der Waals surface area (Å²) in [5, 5.41) is 9.07. The number of ether oxygens (including phenoxy) is 1. The third kappa shape index (κ3) is 2.48. The van der Waals surface area contributed by atoms with Gasteiger partial charge in [0, 0.05) is 25.2 Å². The van der Waals surface area contributed by atoms with Gasteiger partial charge in [-0.15, -0.1) is 0 Å². The van der Waals surface area contributed by atoms with Gasteiger partial charge in [-0.25, -0.2) is 9.78 Å². The Hall–Kier alpha value is -2.28. The van der Waals surface area contributed by atoms with Crippen LogP contribution in [0.4, 0.5) is 4.79 Å². The van der Waals surface area contributed by atoms with E-state index in [1.165, 1.54) is 4.90 Å². The number of amides is 1. The largest absolute Gasteiger partial charge is 0.497 e. The molecule has 0 saturated carbocycles. The van der Waals surface area contributed by atoms with Crippen molar-refractivity contribution in [3.8, 4) is 5.75 Å². The highest BCUT2D eigenvalue weighted by molar-refractivity contribution is 5.78. The van der Waals surface area contributed by atoms with Crippen molar-refractivity contribution < 1.29 is 14.6 Å². The molecule has 3 N–H and O–H groups in total. The number of carbonyl (C=O) groups is 1. The highest BCUT2D eigenvalue weighted by atomic mass is 16.5. The van der Waals surface area contributed by atoms with Crippen LogP contribution >= 0.6 is 0 Å². The molecule has 1 fully saturated rings. The van der Waals surface area contributed by atoms with Crippen LogP contribution in [0.3, 0.4) is 0 Å². The van der Waals surface area contributed by atoms with Crippen molar-refractivity contribution in [1.29, 1.82) is 0 Å². The summed E-state index contributed by atoms with van der Waals surface area (Å²) in [4.78, 5) is 17.1. The molecule has 1 amide bonds. The molecule has 0 unspecified atom stereocenters. The van der Waals surface area contributed by atoms with Gasteiger partial charge in [-0.05, 0) is 25.0 Å². The summed E-state index contributed by atoms with van der Waals surface area (Å²) in [5.41, 5.74) is 7.73. The average molecular weight is 304 g/mol. The molecule has 2 aromatic rings. The number of likely N-dealkylation sites (tertiary alicyclic amines) is 1. The first-order valence-corrected chi connectivity index (χ1v) is 7.37. The molecule has 3 rings (SSSR count). The Morgan fingerprint density at radius 1 is 1.45 bits per heavy atom. The summed E-state index contributed by atoms with van der Waals surface area (Å²) in [6.07, 6.45) is 0.680. The van der Waals surface area contributed by atoms with Crippen LogP contribution in [0, 0.1) is 0 Å². The van der Waals surface area contributed by atoms with E-state index in [2.05, 4.69) is 9.55 Å². The number of nitrogens with two attached hydrogens (primary N) is 1. The van der Waals surface area contributed by atoms with Gasteiger partial charge in [-0.3, -0.25) is 0 Å². The minimum Gasteiger partial charge on any atom is -0.497 e. The maximum absolute atomic E-state index is 11.0. The fraction of sp³-hybridized carbons (Fsp3) is 0.467. The van der Waals surface area contributed by atoms with Crippen molar-refractivity contribution >= 4 is 17.1 Å². The summed E-state index contributed by atoms with van der Waals surface area (Å²) >= 11 is 0. The van der Waals surface area contributed by atoms with Crippen molar-refractivity contribution in [2.75, 3.05) is 20.2 Å². The maximum Gasteiger partial charge on any atom is 0.407 e. The average Bonchev–Trinajstić information content (AvgIpc) is 2.92. The molecule has 0 atom stereocenters. The molecule has 1 aliphatic rings. The van der Waals surface area contributed by atoms with Gasteiger partial charge in [0.1, 0.15) is 11.6 Å². The lowest BCUT2D eigenvalue weighted by molar-refractivity contribution is 0.125. The summed E-state index contributed by atoms with van der Waals surface area (Å²) < 4.78 is 7.45. The van der Waals surface area contributed by atoms with Crippen LogP contribution in [0.15, 0.2) is 18.2 Å². The number of rotatable bonds is 3. The predicted molar refractivity (Wildman–Crippen MR) is 82.0 cm³/mol. The second-order valence-electron chi connectivity index (χ2n) is 5.46. The van der Waals surface area contributed by atoms with E-state index in [1.807, 2.05) is 18.2 Å². The highest BCUT2D eigenvalue weighted by Crippen LogP contribution is 2.30. The summed E-state index contributed by atoms with van der Waals surface area (Å²) in [6.45, 7) is 1.43. The van der Waals surface area contributed by atoms with E-state index in [9.17, 15) is 4.79 Å². The van der Waals surface area contributed by atoms with Gasteiger partial charge in [0.15, 0.2) is 0 Å². The number of hydrogen-bond acceptors (Lipinski definition) is 4. The van der Waals surface area contributed by atoms with Crippen molar-refractivity contribution in [1.82, 2.24) is 14.5 Å². The molecule has 0 radical (unpaired) electrons. The Morgan fingerprint density at radius 2 is 2.18 bits per heavy atom. The van der Waals surface area contributed by atoms with Crippen LogP contribution in [-0.2, 0) is 6.54 Å². The van der Waals surface area contributed by atoms with E-state index in [1.54, 1.807) is 7.11 Å². The second-order valence-corrected chi connectivity index (χ2v) is 5.46. The lowest BCUT2D eigenvalue weighted by atomic mass is 10.0. The van der Waals surface area contributed by atoms with Crippen molar-refractivity contribution in [2.45, 2.75) is 25.4 Å². The van der Waals surface area contributed by atoms with Gasteiger partial charge in [0.2, 0.25) is 0 Å². The Kier molecular flexibility index (Phi) is 3.89. The van der Waals surface area contributed by atoms with Gasteiger partial charge < -0.3 is 25.0 Å². The highest BCUT2D eigenvalue weighted by Gasteiger charge is 2.26. The first-order valence-electron chi connectivity index (χ1n) is 7.37. The zero-order valence-electron chi connectivity index (χ0n) is 12.5. The zero-order valence-corrected chi connectivity index (χ0v) is 12.5. The molecule has 0 aliphatic carbocycles. The quantitative estimate of drug-likeness (QED) is 0.902. The smallest absolute Gasteiger partial charge is 0.407 e. The van der Waals surface area contributed by atoms with E-state index >= 15 is 0 Å². The molecule has 22 heavy (non-hydrogen) atoms. The zero-order chi connectivity index (χ0) is 15.7. The third-order valence-corrected chi connectivity index (χ3v) is 4.25. The van der Waals surface area contributed by atoms with Gasteiger partial charge in [0.25, 0.3) is 0 Å². The molecular weight excluding hydrogens is 284 g/mol. The minimum atomic E-state index is -0.852. The van der Waals surface area contributed by atoms with Crippen molar-refractivity contribution in [3.05, 3.63) is 24.0 Å². The Bertz CT molecular complexity index is 689. The van der Waals surface area contributed by atoms with Crippen LogP contribution in [0.5, 0.6) is 5.75 Å². The number of imidazole rings is 1. The Labute approximate surface area is 128 Å². The Morgan fingerprint density at radius 3 is 2.77 bits per heavy atom. The molecule has 7 heteroatoms. The van der Waals surface area contributed by atoms with Crippen molar-refractivity contribution in [2.24, 2.45) is 5.73 Å². The summed E-state index contributed by atoms with van der Waals surface area (Å²) in [6, 6.07) is 5.99.